The Kier molecular flexibility index (Phi) is 5.94. The van der Waals surface area contributed by atoms with E-state index in [0.29, 0.717) is 44.7 Å². The molecule has 0 spiro atoms. The van der Waals surface area contributed by atoms with Gasteiger partial charge in [0.2, 0.25) is 12.7 Å². The quantitative estimate of drug-likeness (QED) is 0.571. The van der Waals surface area contributed by atoms with Crippen LogP contribution in [0, 0.1) is 5.92 Å². The highest BCUT2D eigenvalue weighted by Gasteiger charge is 2.31. The van der Waals surface area contributed by atoms with Gasteiger partial charge in [0.1, 0.15) is 0 Å². The number of aromatic amines is 1. The van der Waals surface area contributed by atoms with E-state index in [0.717, 1.165) is 27.8 Å². The van der Waals surface area contributed by atoms with Gasteiger partial charge in [-0.15, -0.1) is 0 Å². The van der Waals surface area contributed by atoms with Crippen molar-refractivity contribution in [2.75, 3.05) is 26.5 Å². The molecular formula is C26H28N2O5. The highest BCUT2D eigenvalue weighted by atomic mass is 16.7. The van der Waals surface area contributed by atoms with Crippen molar-refractivity contribution in [3.63, 3.8) is 0 Å². The summed E-state index contributed by atoms with van der Waals surface area (Å²) >= 11 is 0. The van der Waals surface area contributed by atoms with E-state index in [2.05, 4.69) is 11.1 Å². The highest BCUT2D eigenvalue weighted by Crippen LogP contribution is 2.40. The van der Waals surface area contributed by atoms with Crippen LogP contribution in [0.25, 0.3) is 10.9 Å². The van der Waals surface area contributed by atoms with E-state index in [1.54, 1.807) is 0 Å². The van der Waals surface area contributed by atoms with Crippen LogP contribution in [0.1, 0.15) is 43.2 Å². The fourth-order valence-corrected chi connectivity index (χ4v) is 4.85. The standard InChI is InChI=1S/C26H28N2O5/c1-2-31-26(30)17-9-11-28(12-10-17)25(29)14-20(18-7-8-23-24(13-18)33-16-32-23)21-15-27-22-6-4-3-5-19(21)22/h3-8,13,15,17,20,27H,2,9-12,14,16H2,1H3/t20-/m0/s1. The highest BCUT2D eigenvalue weighted by molar-refractivity contribution is 5.86. The van der Waals surface area contributed by atoms with Crippen molar-refractivity contribution in [2.24, 2.45) is 5.92 Å². The largest absolute Gasteiger partial charge is 0.466 e. The molecule has 2 aromatic carbocycles. The number of likely N-dealkylation sites (tertiary alicyclic amines) is 1. The van der Waals surface area contributed by atoms with Gasteiger partial charge in [0.05, 0.1) is 12.5 Å². The molecule has 172 valence electrons. The molecule has 33 heavy (non-hydrogen) atoms. The number of carbonyl (C=O) groups is 2. The summed E-state index contributed by atoms with van der Waals surface area (Å²) in [5.74, 6) is 1.12. The van der Waals surface area contributed by atoms with Crippen LogP contribution in [0.3, 0.4) is 0 Å². The number of piperidine rings is 1. The Hall–Kier alpha value is -3.48. The second kappa shape index (κ2) is 9.17. The molecular weight excluding hydrogens is 420 g/mol. The van der Waals surface area contributed by atoms with Gasteiger partial charge in [0.25, 0.3) is 0 Å². The van der Waals surface area contributed by atoms with E-state index >= 15 is 0 Å². The summed E-state index contributed by atoms with van der Waals surface area (Å²) in [5, 5.41) is 1.11. The summed E-state index contributed by atoms with van der Waals surface area (Å²) in [6, 6.07) is 14.0. The first-order valence-electron chi connectivity index (χ1n) is 11.5. The van der Waals surface area contributed by atoms with E-state index in [1.165, 1.54) is 0 Å². The number of ether oxygens (including phenoxy) is 3. The molecule has 0 saturated carbocycles. The van der Waals surface area contributed by atoms with Crippen molar-refractivity contribution < 1.29 is 23.8 Å². The Morgan fingerprint density at radius 1 is 1.12 bits per heavy atom. The molecule has 0 unspecified atom stereocenters. The normalized spacial score (nSPS) is 16.7. The lowest BCUT2D eigenvalue weighted by molar-refractivity contribution is -0.151. The maximum Gasteiger partial charge on any atom is 0.309 e. The number of H-pyrrole nitrogens is 1. The minimum atomic E-state index is -0.151. The average molecular weight is 449 g/mol. The molecule has 1 amide bonds. The summed E-state index contributed by atoms with van der Waals surface area (Å²) in [5.41, 5.74) is 3.14. The number of para-hydroxylation sites is 1. The molecule has 3 heterocycles. The zero-order valence-electron chi connectivity index (χ0n) is 18.7. The molecule has 2 aliphatic heterocycles. The number of carbonyl (C=O) groups excluding carboxylic acids is 2. The second-order valence-corrected chi connectivity index (χ2v) is 8.57. The monoisotopic (exact) mass is 448 g/mol. The Labute approximate surface area is 192 Å². The van der Waals surface area contributed by atoms with E-state index in [4.69, 9.17) is 14.2 Å². The smallest absolute Gasteiger partial charge is 0.309 e. The van der Waals surface area contributed by atoms with Crippen molar-refractivity contribution >= 4 is 22.8 Å². The maximum atomic E-state index is 13.4. The number of benzene rings is 2. The zero-order valence-corrected chi connectivity index (χ0v) is 18.7. The van der Waals surface area contributed by atoms with Gasteiger partial charge in [-0.3, -0.25) is 9.59 Å². The Morgan fingerprint density at radius 2 is 1.91 bits per heavy atom. The minimum Gasteiger partial charge on any atom is -0.466 e. The summed E-state index contributed by atoms with van der Waals surface area (Å²) in [7, 11) is 0. The number of amides is 1. The topological polar surface area (TPSA) is 80.9 Å². The van der Waals surface area contributed by atoms with Crippen LogP contribution in [0.4, 0.5) is 0 Å². The summed E-state index contributed by atoms with van der Waals surface area (Å²) in [6.45, 7) is 3.57. The van der Waals surface area contributed by atoms with Crippen molar-refractivity contribution in [3.05, 3.63) is 59.8 Å². The molecule has 1 fully saturated rings. The van der Waals surface area contributed by atoms with Crippen LogP contribution in [0.5, 0.6) is 11.5 Å². The number of nitrogens with one attached hydrogen (secondary N) is 1. The van der Waals surface area contributed by atoms with E-state index < -0.39 is 0 Å². The Balaban J connectivity index is 1.39. The molecule has 3 aromatic rings. The van der Waals surface area contributed by atoms with Crippen molar-refractivity contribution in [2.45, 2.75) is 32.1 Å². The van der Waals surface area contributed by atoms with Crippen LogP contribution in [-0.2, 0) is 14.3 Å². The predicted molar refractivity (Wildman–Crippen MR) is 123 cm³/mol. The first-order valence-corrected chi connectivity index (χ1v) is 11.5. The number of hydrogen-bond acceptors (Lipinski definition) is 5. The first-order chi connectivity index (χ1) is 16.1. The number of aromatic nitrogens is 1. The fourth-order valence-electron chi connectivity index (χ4n) is 4.85. The number of fused-ring (bicyclic) bond motifs is 2. The predicted octanol–water partition coefficient (Wildman–Crippen LogP) is 4.22. The zero-order chi connectivity index (χ0) is 22.8. The third-order valence-electron chi connectivity index (χ3n) is 6.64. The van der Waals surface area contributed by atoms with Crippen LogP contribution in [0.2, 0.25) is 0 Å². The lowest BCUT2D eigenvalue weighted by atomic mass is 9.87. The molecule has 1 aromatic heterocycles. The van der Waals surface area contributed by atoms with Crippen molar-refractivity contribution in [3.8, 4) is 11.5 Å². The van der Waals surface area contributed by atoms with Gasteiger partial charge in [-0.1, -0.05) is 24.3 Å². The Bertz CT molecular complexity index is 1160. The van der Waals surface area contributed by atoms with Gasteiger partial charge in [0.15, 0.2) is 11.5 Å². The van der Waals surface area contributed by atoms with Gasteiger partial charge in [-0.2, -0.15) is 0 Å². The number of hydrogen-bond donors (Lipinski definition) is 1. The molecule has 5 rings (SSSR count). The van der Waals surface area contributed by atoms with Crippen LogP contribution in [0.15, 0.2) is 48.7 Å². The lowest BCUT2D eigenvalue weighted by Crippen LogP contribution is -2.41. The van der Waals surface area contributed by atoms with Gasteiger partial charge >= 0.3 is 5.97 Å². The SMILES string of the molecule is CCOC(=O)C1CCN(C(=O)C[C@@H](c2ccc3c(c2)OCO3)c2c[nH]c3ccccc23)CC1. The number of nitrogens with zero attached hydrogens (tertiary/aromatic N) is 1. The van der Waals surface area contributed by atoms with Crippen LogP contribution >= 0.6 is 0 Å². The van der Waals surface area contributed by atoms with E-state index in [-0.39, 0.29) is 30.5 Å². The molecule has 0 bridgehead atoms. The van der Waals surface area contributed by atoms with E-state index in [1.807, 2.05) is 54.4 Å². The molecule has 2 aliphatic rings. The van der Waals surface area contributed by atoms with Gasteiger partial charge < -0.3 is 24.1 Å². The molecule has 7 nitrogen and oxygen atoms in total. The maximum absolute atomic E-state index is 13.4. The van der Waals surface area contributed by atoms with E-state index in [9.17, 15) is 9.59 Å². The number of rotatable bonds is 6. The van der Waals surface area contributed by atoms with Gasteiger partial charge in [0, 0.05) is 42.5 Å². The second-order valence-electron chi connectivity index (χ2n) is 8.57. The molecule has 1 saturated heterocycles. The number of esters is 1. The third-order valence-corrected chi connectivity index (χ3v) is 6.64. The third kappa shape index (κ3) is 4.27. The first kappa shape index (κ1) is 21.4. The summed E-state index contributed by atoms with van der Waals surface area (Å²) in [4.78, 5) is 30.7. The minimum absolute atomic E-state index is 0.0882. The van der Waals surface area contributed by atoms with Gasteiger partial charge in [-0.25, -0.2) is 0 Å². The van der Waals surface area contributed by atoms with Crippen LogP contribution in [-0.4, -0.2) is 48.2 Å². The average Bonchev–Trinajstić information content (AvgIpc) is 3.49. The molecule has 0 radical (unpaired) electrons. The van der Waals surface area contributed by atoms with Crippen molar-refractivity contribution in [1.82, 2.24) is 9.88 Å². The lowest BCUT2D eigenvalue weighted by Gasteiger charge is -2.32. The van der Waals surface area contributed by atoms with Crippen LogP contribution < -0.4 is 9.47 Å². The van der Waals surface area contributed by atoms with Gasteiger partial charge in [-0.05, 0) is 49.1 Å². The molecule has 1 atom stereocenters. The Morgan fingerprint density at radius 3 is 2.73 bits per heavy atom. The molecule has 1 N–H and O–H groups in total. The molecule has 7 heteroatoms. The fraction of sp³-hybridized carbons (Fsp3) is 0.385. The molecule has 0 aliphatic carbocycles. The summed E-state index contributed by atoms with van der Waals surface area (Å²) in [6.07, 6.45) is 3.63. The van der Waals surface area contributed by atoms with Crippen molar-refractivity contribution in [1.29, 1.82) is 0 Å². The summed E-state index contributed by atoms with van der Waals surface area (Å²) < 4.78 is 16.2.